The highest BCUT2D eigenvalue weighted by Gasteiger charge is 2.14. The predicted molar refractivity (Wildman–Crippen MR) is 104 cm³/mol. The third kappa shape index (κ3) is 7.19. The first-order chi connectivity index (χ1) is 12.7. The van der Waals surface area contributed by atoms with Crippen molar-refractivity contribution < 1.29 is 9.53 Å². The van der Waals surface area contributed by atoms with Crippen molar-refractivity contribution in [2.45, 2.75) is 44.2 Å². The predicted octanol–water partition coefficient (Wildman–Crippen LogP) is 1.42. The molecule has 1 aromatic rings. The number of hydrogen-bond donors (Lipinski definition) is 3. The van der Waals surface area contributed by atoms with Gasteiger partial charge in [0.05, 0.1) is 6.04 Å². The van der Waals surface area contributed by atoms with Crippen LogP contribution < -0.4 is 21.1 Å². The van der Waals surface area contributed by atoms with Gasteiger partial charge in [-0.2, -0.15) is 0 Å². The van der Waals surface area contributed by atoms with Gasteiger partial charge in [0.15, 0.2) is 0 Å². The molecule has 4 N–H and O–H groups in total. The highest BCUT2D eigenvalue weighted by molar-refractivity contribution is 5.81. The zero-order chi connectivity index (χ0) is 18.6. The maximum Gasteiger partial charge on any atom is 0.237 e. The van der Waals surface area contributed by atoms with Crippen LogP contribution in [0.4, 0.5) is 0 Å². The van der Waals surface area contributed by atoms with E-state index < -0.39 is 6.04 Å². The fourth-order valence-corrected chi connectivity index (χ4v) is 2.66. The summed E-state index contributed by atoms with van der Waals surface area (Å²) in [7, 11) is 0. The molecule has 1 aromatic carbocycles. The normalized spacial score (nSPS) is 17.3. The van der Waals surface area contributed by atoms with Crippen LogP contribution in [0.15, 0.2) is 24.3 Å². The first-order valence-corrected chi connectivity index (χ1v) is 9.12. The monoisotopic (exact) mass is 353 g/mol. The Balaban J connectivity index is 1.71. The summed E-state index contributed by atoms with van der Waals surface area (Å²) in [5.74, 6) is 9.31. The number of carbonyl (C=O) groups excluding carboxylic acids is 1. The number of carbonyl (C=O) groups is 1. The summed E-state index contributed by atoms with van der Waals surface area (Å²) >= 11 is 0. The molecule has 0 aromatic heterocycles. The number of nitrogens with one attached hydrogen (secondary N) is 2. The van der Waals surface area contributed by atoms with Gasteiger partial charge in [0, 0.05) is 31.5 Å². The second-order valence-electron chi connectivity index (χ2n) is 6.33. The number of benzene rings is 1. The van der Waals surface area contributed by atoms with Gasteiger partial charge in [-0.1, -0.05) is 17.9 Å². The van der Waals surface area contributed by atoms with Crippen LogP contribution >= 0.6 is 0 Å². The Morgan fingerprint density at radius 3 is 3.15 bits per heavy atom. The van der Waals surface area contributed by atoms with Gasteiger partial charge in [0.2, 0.25) is 5.91 Å². The summed E-state index contributed by atoms with van der Waals surface area (Å²) in [6.45, 7) is 2.51. The van der Waals surface area contributed by atoms with Gasteiger partial charge in [0.1, 0.15) is 11.9 Å². The lowest BCUT2D eigenvalue weighted by molar-refractivity contribution is -0.122. The molecule has 0 radical (unpaired) electrons. The number of unbranched alkanes of at least 4 members (excludes halogenated alkanes) is 1. The van der Waals surface area contributed by atoms with E-state index in [1.165, 1.54) is 0 Å². The quantitative estimate of drug-likeness (QED) is 0.512. The van der Waals surface area contributed by atoms with E-state index in [-0.39, 0.29) is 18.4 Å². The highest BCUT2D eigenvalue weighted by atomic mass is 16.5. The van der Waals surface area contributed by atoms with Crippen molar-refractivity contribution >= 4 is 5.91 Å². The molecule has 138 valence electrons. The van der Waals surface area contributed by atoms with E-state index in [0.29, 0.717) is 13.0 Å². The Bertz CT molecular complexity index is 678. The molecule has 5 nitrogen and oxygen atoms in total. The topological polar surface area (TPSA) is 76.4 Å². The van der Waals surface area contributed by atoms with Crippen molar-refractivity contribution in [2.75, 3.05) is 19.6 Å². The van der Waals surface area contributed by atoms with E-state index in [1.807, 2.05) is 24.3 Å². The zero-order valence-corrected chi connectivity index (χ0v) is 15.1. The second-order valence-corrected chi connectivity index (χ2v) is 6.33. The molecule has 2 rings (SSSR count). The lowest BCUT2D eigenvalue weighted by atomic mass is 10.1. The molecule has 26 heavy (non-hydrogen) atoms. The van der Waals surface area contributed by atoms with E-state index in [9.17, 15) is 4.79 Å². The van der Waals surface area contributed by atoms with Gasteiger partial charge >= 0.3 is 0 Å². The molecule has 1 aliphatic heterocycles. The Morgan fingerprint density at radius 2 is 2.38 bits per heavy atom. The summed E-state index contributed by atoms with van der Waals surface area (Å²) in [5.41, 5.74) is 6.56. The van der Waals surface area contributed by atoms with Gasteiger partial charge < -0.3 is 21.1 Å². The first-order valence-electron chi connectivity index (χ1n) is 9.12. The SMILES string of the molecule is C#CC[C@H](N)C(=O)NCCCC#Cc1cccc(O[C@H]2CCCNC2)c1. The lowest BCUT2D eigenvalue weighted by Crippen LogP contribution is -2.40. The molecule has 5 heteroatoms. The molecule has 1 aliphatic rings. The van der Waals surface area contributed by atoms with Crippen LogP contribution in [0, 0.1) is 24.2 Å². The second kappa shape index (κ2) is 11.2. The smallest absolute Gasteiger partial charge is 0.237 e. The third-order valence-corrected chi connectivity index (χ3v) is 4.07. The number of hydrogen-bond acceptors (Lipinski definition) is 4. The van der Waals surface area contributed by atoms with Crippen molar-refractivity contribution in [2.24, 2.45) is 5.73 Å². The highest BCUT2D eigenvalue weighted by Crippen LogP contribution is 2.17. The molecule has 2 atom stereocenters. The Morgan fingerprint density at radius 1 is 1.50 bits per heavy atom. The van der Waals surface area contributed by atoms with Crippen molar-refractivity contribution in [1.82, 2.24) is 10.6 Å². The van der Waals surface area contributed by atoms with Crippen LogP contribution in [0.1, 0.15) is 37.7 Å². The molecule has 0 unspecified atom stereocenters. The minimum atomic E-state index is -0.631. The number of nitrogens with two attached hydrogens (primary N) is 1. The van der Waals surface area contributed by atoms with Crippen LogP contribution in [-0.4, -0.2) is 37.7 Å². The van der Waals surface area contributed by atoms with Gasteiger partial charge in [-0.15, -0.1) is 12.3 Å². The molecule has 1 saturated heterocycles. The van der Waals surface area contributed by atoms with Crippen LogP contribution in [0.5, 0.6) is 5.75 Å². The average Bonchev–Trinajstić information content (AvgIpc) is 2.65. The molecule has 1 amide bonds. The largest absolute Gasteiger partial charge is 0.489 e. The lowest BCUT2D eigenvalue weighted by Gasteiger charge is -2.23. The van der Waals surface area contributed by atoms with Crippen LogP contribution in [0.25, 0.3) is 0 Å². The van der Waals surface area contributed by atoms with Crippen LogP contribution in [-0.2, 0) is 4.79 Å². The third-order valence-electron chi connectivity index (χ3n) is 4.07. The van der Waals surface area contributed by atoms with E-state index in [4.69, 9.17) is 16.9 Å². The number of amides is 1. The molecule has 1 heterocycles. The first kappa shape index (κ1) is 19.8. The van der Waals surface area contributed by atoms with E-state index >= 15 is 0 Å². The standard InChI is InChI=1S/C21H27N3O2/c1-2-8-20(22)21(25)24-14-5-3-4-9-17-10-6-11-18(15-17)26-19-12-7-13-23-16-19/h1,6,10-11,15,19-20,23H,3,5,7-8,12-14,16,22H2,(H,24,25)/t19-,20-/m0/s1. The van der Waals surface area contributed by atoms with E-state index in [1.54, 1.807) is 0 Å². The average molecular weight is 353 g/mol. The molecule has 0 saturated carbocycles. The Labute approximate surface area is 156 Å². The van der Waals surface area contributed by atoms with Crippen LogP contribution in [0.3, 0.4) is 0 Å². The van der Waals surface area contributed by atoms with Gasteiger partial charge in [0.25, 0.3) is 0 Å². The van der Waals surface area contributed by atoms with E-state index in [2.05, 4.69) is 28.4 Å². The summed E-state index contributed by atoms with van der Waals surface area (Å²) in [6.07, 6.45) is 9.32. The molecule has 0 aliphatic carbocycles. The summed E-state index contributed by atoms with van der Waals surface area (Å²) in [5, 5.41) is 6.11. The number of rotatable bonds is 7. The summed E-state index contributed by atoms with van der Waals surface area (Å²) in [4.78, 5) is 11.6. The summed E-state index contributed by atoms with van der Waals surface area (Å²) in [6, 6.07) is 7.24. The maximum absolute atomic E-state index is 11.6. The maximum atomic E-state index is 11.6. The number of piperidine rings is 1. The fourth-order valence-electron chi connectivity index (χ4n) is 2.66. The molecule has 0 spiro atoms. The van der Waals surface area contributed by atoms with Crippen LogP contribution in [0.2, 0.25) is 0 Å². The van der Waals surface area contributed by atoms with Crippen molar-refractivity contribution in [3.63, 3.8) is 0 Å². The van der Waals surface area contributed by atoms with Gasteiger partial charge in [-0.25, -0.2) is 0 Å². The van der Waals surface area contributed by atoms with Crippen molar-refractivity contribution in [3.05, 3.63) is 29.8 Å². The van der Waals surface area contributed by atoms with Crippen molar-refractivity contribution in [1.29, 1.82) is 0 Å². The molecular formula is C21H27N3O2. The van der Waals surface area contributed by atoms with Crippen molar-refractivity contribution in [3.8, 4) is 29.9 Å². The zero-order valence-electron chi connectivity index (χ0n) is 15.1. The minimum Gasteiger partial charge on any atom is -0.489 e. The summed E-state index contributed by atoms with van der Waals surface area (Å²) < 4.78 is 6.01. The van der Waals surface area contributed by atoms with Gasteiger partial charge in [-0.05, 0) is 44.0 Å². The number of terminal acetylenes is 1. The Hall–Kier alpha value is -2.47. The minimum absolute atomic E-state index is 0.210. The molecule has 1 fully saturated rings. The molecular weight excluding hydrogens is 326 g/mol. The van der Waals surface area contributed by atoms with E-state index in [0.717, 1.165) is 43.7 Å². The molecule has 0 bridgehead atoms. The van der Waals surface area contributed by atoms with Gasteiger partial charge in [-0.3, -0.25) is 4.79 Å². The number of ether oxygens (including phenoxy) is 1. The Kier molecular flexibility index (Phi) is 8.55. The fraction of sp³-hybridized carbons (Fsp3) is 0.476.